The molecule has 0 aromatic carbocycles. The highest BCUT2D eigenvalue weighted by atomic mass is 16.2. The molecule has 3 rings (SSSR count). The highest BCUT2D eigenvalue weighted by Gasteiger charge is 2.42. The van der Waals surface area contributed by atoms with Crippen LogP contribution in [0.1, 0.15) is 44.9 Å². The molecule has 1 saturated carbocycles. The Morgan fingerprint density at radius 1 is 1.22 bits per heavy atom. The lowest BCUT2D eigenvalue weighted by molar-refractivity contribution is -0.137. The van der Waals surface area contributed by atoms with Crippen molar-refractivity contribution in [2.45, 2.75) is 63.1 Å². The van der Waals surface area contributed by atoms with Crippen molar-refractivity contribution in [2.75, 3.05) is 7.05 Å². The van der Waals surface area contributed by atoms with E-state index in [1.807, 2.05) is 7.05 Å². The van der Waals surface area contributed by atoms with E-state index >= 15 is 0 Å². The fourth-order valence-electron chi connectivity index (χ4n) is 4.09. The molecule has 2 fully saturated rings. The summed E-state index contributed by atoms with van der Waals surface area (Å²) in [5.74, 6) is 1.10. The van der Waals surface area contributed by atoms with Crippen LogP contribution in [0.5, 0.6) is 0 Å². The number of likely N-dealkylation sites (N-methyl/N-ethyl adjacent to an activating group) is 1. The molecule has 1 saturated heterocycles. The minimum Gasteiger partial charge on any atom is -0.332 e. The lowest BCUT2D eigenvalue weighted by Crippen LogP contribution is -2.51. The number of amides is 1. The Kier molecular flexibility index (Phi) is 3.42. The van der Waals surface area contributed by atoms with E-state index in [-0.39, 0.29) is 6.04 Å². The van der Waals surface area contributed by atoms with Crippen molar-refractivity contribution >= 4 is 5.91 Å². The van der Waals surface area contributed by atoms with Gasteiger partial charge in [0.1, 0.15) is 0 Å². The topological polar surface area (TPSA) is 32.3 Å². The maximum absolute atomic E-state index is 12.7. The monoisotopic (exact) mass is 248 g/mol. The molecule has 3 nitrogen and oxygen atoms in total. The van der Waals surface area contributed by atoms with Crippen molar-refractivity contribution in [3.63, 3.8) is 0 Å². The van der Waals surface area contributed by atoms with E-state index in [2.05, 4.69) is 22.4 Å². The molecular formula is C15H24N2O. The van der Waals surface area contributed by atoms with Gasteiger partial charge >= 0.3 is 0 Å². The smallest absolute Gasteiger partial charge is 0.240 e. The zero-order valence-electron chi connectivity index (χ0n) is 11.3. The predicted octanol–water partition coefficient (Wildman–Crippen LogP) is 2.08. The number of carbonyl (C=O) groups is 1. The van der Waals surface area contributed by atoms with Gasteiger partial charge in [-0.05, 0) is 51.5 Å². The van der Waals surface area contributed by atoms with Gasteiger partial charge in [0.05, 0.1) is 12.1 Å². The van der Waals surface area contributed by atoms with E-state index in [1.54, 1.807) is 0 Å². The van der Waals surface area contributed by atoms with E-state index in [0.29, 0.717) is 18.0 Å². The second-order valence-corrected chi connectivity index (χ2v) is 6.00. The summed E-state index contributed by atoms with van der Waals surface area (Å²) < 4.78 is 0. The quantitative estimate of drug-likeness (QED) is 0.759. The summed E-state index contributed by atoms with van der Waals surface area (Å²) in [6.45, 7) is 0. The van der Waals surface area contributed by atoms with E-state index in [4.69, 9.17) is 0 Å². The largest absolute Gasteiger partial charge is 0.332 e. The van der Waals surface area contributed by atoms with Crippen LogP contribution in [0.2, 0.25) is 0 Å². The van der Waals surface area contributed by atoms with Crippen LogP contribution < -0.4 is 5.32 Å². The third-order valence-electron chi connectivity index (χ3n) is 5.05. The number of rotatable bonds is 2. The van der Waals surface area contributed by atoms with Crippen LogP contribution in [-0.4, -0.2) is 36.0 Å². The molecule has 100 valence electrons. The second-order valence-electron chi connectivity index (χ2n) is 6.00. The van der Waals surface area contributed by atoms with Gasteiger partial charge in [-0.3, -0.25) is 4.79 Å². The average molecular weight is 248 g/mol. The molecule has 0 aromatic heterocycles. The zero-order chi connectivity index (χ0) is 12.5. The Labute approximate surface area is 110 Å². The van der Waals surface area contributed by atoms with Crippen LogP contribution in [0.4, 0.5) is 0 Å². The SMILES string of the molecule is CNC1CCC2CCCC2N(C2C=CCC2)C1=O. The van der Waals surface area contributed by atoms with Crippen LogP contribution in [0, 0.1) is 5.92 Å². The van der Waals surface area contributed by atoms with Crippen molar-refractivity contribution < 1.29 is 4.79 Å². The van der Waals surface area contributed by atoms with Gasteiger partial charge in [0, 0.05) is 6.04 Å². The molecule has 3 heteroatoms. The summed E-state index contributed by atoms with van der Waals surface area (Å²) in [7, 11) is 1.92. The number of fused-ring (bicyclic) bond motifs is 1. The van der Waals surface area contributed by atoms with Gasteiger partial charge in [-0.15, -0.1) is 0 Å². The van der Waals surface area contributed by atoms with Gasteiger partial charge < -0.3 is 10.2 Å². The molecule has 2 aliphatic carbocycles. The highest BCUT2D eigenvalue weighted by molar-refractivity contribution is 5.83. The first-order valence-electron chi connectivity index (χ1n) is 7.47. The minimum atomic E-state index is 0.0459. The van der Waals surface area contributed by atoms with Gasteiger partial charge in [0.15, 0.2) is 0 Å². The molecule has 0 spiro atoms. The summed E-state index contributed by atoms with van der Waals surface area (Å²) in [5.41, 5.74) is 0. The molecular weight excluding hydrogens is 224 g/mol. The third-order valence-corrected chi connectivity index (χ3v) is 5.05. The molecule has 18 heavy (non-hydrogen) atoms. The molecule has 4 atom stereocenters. The van der Waals surface area contributed by atoms with Crippen molar-refractivity contribution in [1.82, 2.24) is 10.2 Å². The fraction of sp³-hybridized carbons (Fsp3) is 0.800. The number of hydrogen-bond acceptors (Lipinski definition) is 2. The van der Waals surface area contributed by atoms with Crippen molar-refractivity contribution in [1.29, 1.82) is 0 Å². The average Bonchev–Trinajstić information content (AvgIpc) is 3.01. The minimum absolute atomic E-state index is 0.0459. The molecule has 0 aromatic rings. The molecule has 1 aliphatic heterocycles. The maximum Gasteiger partial charge on any atom is 0.240 e. The number of carbonyl (C=O) groups excluding carboxylic acids is 1. The van der Waals surface area contributed by atoms with Crippen LogP contribution in [0.3, 0.4) is 0 Å². The first kappa shape index (κ1) is 12.2. The molecule has 3 aliphatic rings. The molecule has 1 amide bonds. The van der Waals surface area contributed by atoms with Gasteiger partial charge in [0.25, 0.3) is 0 Å². The Balaban J connectivity index is 1.87. The van der Waals surface area contributed by atoms with Crippen molar-refractivity contribution in [3.05, 3.63) is 12.2 Å². The van der Waals surface area contributed by atoms with Gasteiger partial charge in [-0.1, -0.05) is 18.6 Å². The lowest BCUT2D eigenvalue weighted by atomic mass is 9.97. The van der Waals surface area contributed by atoms with E-state index < -0.39 is 0 Å². The molecule has 0 radical (unpaired) electrons. The Hall–Kier alpha value is -0.830. The third kappa shape index (κ3) is 1.99. The Bertz CT molecular complexity index is 352. The molecule has 1 N–H and O–H groups in total. The molecule has 4 unspecified atom stereocenters. The van der Waals surface area contributed by atoms with E-state index in [9.17, 15) is 4.79 Å². The zero-order valence-corrected chi connectivity index (χ0v) is 11.3. The summed E-state index contributed by atoms with van der Waals surface area (Å²) in [5, 5.41) is 3.22. The van der Waals surface area contributed by atoms with Crippen LogP contribution in [-0.2, 0) is 4.79 Å². The maximum atomic E-state index is 12.7. The van der Waals surface area contributed by atoms with Crippen LogP contribution in [0.25, 0.3) is 0 Å². The second kappa shape index (κ2) is 5.04. The normalized spacial score (nSPS) is 40.1. The number of nitrogens with zero attached hydrogens (tertiary/aromatic N) is 1. The number of likely N-dealkylation sites (tertiary alicyclic amines) is 1. The fourth-order valence-corrected chi connectivity index (χ4v) is 4.09. The van der Waals surface area contributed by atoms with Gasteiger partial charge in [-0.2, -0.15) is 0 Å². The summed E-state index contributed by atoms with van der Waals surface area (Å²) >= 11 is 0. The first-order valence-corrected chi connectivity index (χ1v) is 7.47. The van der Waals surface area contributed by atoms with E-state index in [1.165, 1.54) is 25.7 Å². The predicted molar refractivity (Wildman–Crippen MR) is 72.2 cm³/mol. The number of hydrogen-bond donors (Lipinski definition) is 1. The summed E-state index contributed by atoms with van der Waals surface area (Å²) in [6, 6.07) is 0.935. The van der Waals surface area contributed by atoms with Gasteiger partial charge in [-0.25, -0.2) is 0 Å². The van der Waals surface area contributed by atoms with E-state index in [0.717, 1.165) is 25.2 Å². The molecule has 0 bridgehead atoms. The van der Waals surface area contributed by atoms with Crippen molar-refractivity contribution in [3.8, 4) is 0 Å². The van der Waals surface area contributed by atoms with Crippen molar-refractivity contribution in [2.24, 2.45) is 5.92 Å². The number of nitrogens with one attached hydrogen (secondary N) is 1. The first-order chi connectivity index (χ1) is 8.81. The Morgan fingerprint density at radius 3 is 2.83 bits per heavy atom. The standard InChI is InChI=1S/C15H24N2O/c1-16-13-10-9-11-5-4-8-14(11)17(15(13)18)12-6-2-3-7-12/h2,6,11-14,16H,3-5,7-10H2,1H3. The van der Waals surface area contributed by atoms with Crippen LogP contribution >= 0.6 is 0 Å². The highest BCUT2D eigenvalue weighted by Crippen LogP contribution is 2.38. The molecule has 1 heterocycles. The van der Waals surface area contributed by atoms with Crippen LogP contribution in [0.15, 0.2) is 12.2 Å². The lowest BCUT2D eigenvalue weighted by Gasteiger charge is -2.36. The van der Waals surface area contributed by atoms with Gasteiger partial charge in [0.2, 0.25) is 5.91 Å². The number of allylic oxidation sites excluding steroid dienone is 1. The Morgan fingerprint density at radius 2 is 2.11 bits per heavy atom. The summed E-state index contributed by atoms with van der Waals surface area (Å²) in [4.78, 5) is 15.0. The summed E-state index contributed by atoms with van der Waals surface area (Å²) in [6.07, 6.45) is 12.8.